The number of amides is 1. The van der Waals surface area contributed by atoms with Crippen molar-refractivity contribution in [3.05, 3.63) is 29.8 Å². The van der Waals surface area contributed by atoms with Gasteiger partial charge in [0.2, 0.25) is 5.91 Å². The second-order valence-electron chi connectivity index (χ2n) is 5.97. The predicted octanol–water partition coefficient (Wildman–Crippen LogP) is 1.86. The Hall–Kier alpha value is -2.81. The van der Waals surface area contributed by atoms with Gasteiger partial charge < -0.3 is 10.1 Å². The first kappa shape index (κ1) is 16.1. The van der Waals surface area contributed by atoms with Crippen LogP contribution in [0.15, 0.2) is 24.3 Å². The molecule has 0 bridgehead atoms. The van der Waals surface area contributed by atoms with Crippen molar-refractivity contribution in [1.29, 1.82) is 5.26 Å². The number of fused-ring (bicyclic) bond motifs is 1. The first-order valence-electron chi connectivity index (χ1n) is 8.17. The van der Waals surface area contributed by atoms with E-state index >= 15 is 0 Å². The number of hydrogen-bond acceptors (Lipinski definition) is 4. The van der Waals surface area contributed by atoms with E-state index in [1.807, 2.05) is 24.3 Å². The summed E-state index contributed by atoms with van der Waals surface area (Å²) in [6.07, 6.45) is 3.15. The average Bonchev–Trinajstić information content (AvgIpc) is 2.55. The molecule has 124 valence electrons. The number of methoxy groups -OCH3 is 1. The Morgan fingerprint density at radius 3 is 2.88 bits per heavy atom. The van der Waals surface area contributed by atoms with Crippen molar-refractivity contribution in [2.24, 2.45) is 5.92 Å². The fourth-order valence-electron chi connectivity index (χ4n) is 2.75. The van der Waals surface area contributed by atoms with Crippen LogP contribution >= 0.6 is 0 Å². The zero-order valence-electron chi connectivity index (χ0n) is 13.7. The monoisotopic (exact) mass is 325 g/mol. The molecule has 1 saturated carbocycles. The van der Waals surface area contributed by atoms with Gasteiger partial charge >= 0.3 is 0 Å². The molecular weight excluding hydrogens is 304 g/mol. The van der Waals surface area contributed by atoms with Crippen molar-refractivity contribution >= 4 is 22.6 Å². The Kier molecular flexibility index (Phi) is 4.80. The number of anilines is 1. The van der Waals surface area contributed by atoms with Crippen LogP contribution in [0, 0.1) is 17.2 Å². The molecule has 0 radical (unpaired) electrons. The van der Waals surface area contributed by atoms with Gasteiger partial charge in [-0.25, -0.2) is 4.98 Å². The smallest absolute Gasteiger partial charge is 0.290 e. The van der Waals surface area contributed by atoms with Gasteiger partial charge in [-0.15, -0.1) is 0 Å². The molecule has 0 spiro atoms. The van der Waals surface area contributed by atoms with Gasteiger partial charge in [0.1, 0.15) is 29.4 Å². The third-order valence-electron chi connectivity index (χ3n) is 4.41. The minimum absolute atomic E-state index is 0.137. The topological polar surface area (TPSA) is 88.3 Å². The largest absolute Gasteiger partial charge is 0.497 e. The number of nitrogens with zero attached hydrogens (tertiary/aromatic N) is 1. The molecule has 2 aromatic rings. The maximum Gasteiger partial charge on any atom is 0.290 e. The standard InChI is InChI=1S/C18H20N4O2/c1-24-15-5-6-16-13(10-15)9-14(11-19)17(22-16)20-7-8-21-18(23)12-3-2-4-12/h5-6,9-10,12H,2-4,7-8H2,1H3,(H,20,22)(H,21,23)/p+1. The average molecular weight is 325 g/mol. The Bertz CT molecular complexity index is 793. The molecule has 1 amide bonds. The quantitative estimate of drug-likeness (QED) is 0.794. The molecule has 0 saturated heterocycles. The summed E-state index contributed by atoms with van der Waals surface area (Å²) in [4.78, 5) is 15.0. The fourth-order valence-corrected chi connectivity index (χ4v) is 2.75. The minimum Gasteiger partial charge on any atom is -0.497 e. The third kappa shape index (κ3) is 3.40. The van der Waals surface area contributed by atoms with E-state index in [0.29, 0.717) is 24.5 Å². The number of aromatic nitrogens is 1. The predicted molar refractivity (Wildman–Crippen MR) is 90.6 cm³/mol. The Morgan fingerprint density at radius 2 is 2.21 bits per heavy atom. The summed E-state index contributed by atoms with van der Waals surface area (Å²) < 4.78 is 5.21. The van der Waals surface area contributed by atoms with Crippen LogP contribution in [-0.2, 0) is 4.79 Å². The van der Waals surface area contributed by atoms with Gasteiger partial charge in [-0.3, -0.25) is 10.1 Å². The number of aromatic amines is 1. The zero-order valence-corrected chi connectivity index (χ0v) is 13.7. The fraction of sp³-hybridized carbons (Fsp3) is 0.389. The van der Waals surface area contributed by atoms with Crippen LogP contribution in [0.5, 0.6) is 5.75 Å². The number of nitrogens with one attached hydrogen (secondary N) is 3. The SMILES string of the molecule is COc1ccc2[nH+]c(NCCNC(=O)C3CCC3)c(C#N)cc2c1. The summed E-state index contributed by atoms with van der Waals surface area (Å²) in [6.45, 7) is 1.10. The van der Waals surface area contributed by atoms with Crippen LogP contribution in [0.2, 0.25) is 0 Å². The number of rotatable bonds is 6. The number of ether oxygens (including phenoxy) is 1. The summed E-state index contributed by atoms with van der Waals surface area (Å²) in [5, 5.41) is 16.4. The Labute approximate surface area is 140 Å². The van der Waals surface area contributed by atoms with Crippen molar-refractivity contribution in [2.75, 3.05) is 25.5 Å². The third-order valence-corrected chi connectivity index (χ3v) is 4.41. The van der Waals surface area contributed by atoms with E-state index in [0.717, 1.165) is 35.9 Å². The lowest BCUT2D eigenvalue weighted by molar-refractivity contribution is -0.327. The van der Waals surface area contributed by atoms with Gasteiger partial charge in [-0.1, -0.05) is 6.42 Å². The van der Waals surface area contributed by atoms with Gasteiger partial charge in [0, 0.05) is 11.3 Å². The zero-order chi connectivity index (χ0) is 16.9. The molecule has 0 atom stereocenters. The number of carbonyl (C=O) groups is 1. The number of hydrogen-bond donors (Lipinski definition) is 2. The molecule has 1 aliphatic carbocycles. The van der Waals surface area contributed by atoms with Crippen LogP contribution in [-0.4, -0.2) is 26.1 Å². The van der Waals surface area contributed by atoms with Crippen LogP contribution in [0.3, 0.4) is 0 Å². The minimum atomic E-state index is 0.137. The lowest BCUT2D eigenvalue weighted by Gasteiger charge is -2.23. The second-order valence-corrected chi connectivity index (χ2v) is 5.97. The van der Waals surface area contributed by atoms with E-state index in [2.05, 4.69) is 21.7 Å². The molecule has 1 aromatic heterocycles. The van der Waals surface area contributed by atoms with Crippen LogP contribution in [0.1, 0.15) is 24.8 Å². The Balaban J connectivity index is 1.65. The van der Waals surface area contributed by atoms with Crippen molar-refractivity contribution in [3.63, 3.8) is 0 Å². The molecule has 1 fully saturated rings. The van der Waals surface area contributed by atoms with Crippen molar-refractivity contribution in [2.45, 2.75) is 19.3 Å². The molecule has 24 heavy (non-hydrogen) atoms. The van der Waals surface area contributed by atoms with Crippen LogP contribution in [0.25, 0.3) is 10.9 Å². The maximum atomic E-state index is 11.8. The lowest BCUT2D eigenvalue weighted by atomic mass is 9.85. The van der Waals surface area contributed by atoms with Crippen LogP contribution in [0.4, 0.5) is 5.82 Å². The summed E-state index contributed by atoms with van der Waals surface area (Å²) in [5.41, 5.74) is 1.44. The highest BCUT2D eigenvalue weighted by Gasteiger charge is 2.24. The number of benzene rings is 1. The number of H-pyrrole nitrogens is 1. The summed E-state index contributed by atoms with van der Waals surface area (Å²) >= 11 is 0. The number of pyridine rings is 1. The van der Waals surface area contributed by atoms with E-state index in [1.165, 1.54) is 0 Å². The molecule has 3 N–H and O–H groups in total. The van der Waals surface area contributed by atoms with E-state index < -0.39 is 0 Å². The summed E-state index contributed by atoms with van der Waals surface area (Å²) in [6, 6.07) is 9.68. The highest BCUT2D eigenvalue weighted by atomic mass is 16.5. The van der Waals surface area contributed by atoms with Crippen molar-refractivity contribution in [3.8, 4) is 11.8 Å². The first-order chi connectivity index (χ1) is 11.7. The van der Waals surface area contributed by atoms with Gasteiger partial charge in [-0.05, 0) is 37.1 Å². The summed E-state index contributed by atoms with van der Waals surface area (Å²) in [7, 11) is 1.61. The first-order valence-corrected chi connectivity index (χ1v) is 8.17. The molecule has 3 rings (SSSR count). The van der Waals surface area contributed by atoms with Crippen molar-refractivity contribution in [1.82, 2.24) is 5.32 Å². The molecule has 6 nitrogen and oxygen atoms in total. The Morgan fingerprint density at radius 1 is 1.38 bits per heavy atom. The number of nitriles is 1. The highest BCUT2D eigenvalue weighted by Crippen LogP contribution is 2.26. The maximum absolute atomic E-state index is 11.8. The molecule has 0 unspecified atom stereocenters. The van der Waals surface area contributed by atoms with Gasteiger partial charge in [0.25, 0.3) is 5.82 Å². The van der Waals surface area contributed by atoms with Crippen molar-refractivity contribution < 1.29 is 14.5 Å². The highest BCUT2D eigenvalue weighted by molar-refractivity contribution is 5.80. The molecule has 1 aliphatic rings. The molecule has 1 heterocycles. The van der Waals surface area contributed by atoms with E-state index in [9.17, 15) is 10.1 Å². The van der Waals surface area contributed by atoms with E-state index in [4.69, 9.17) is 4.74 Å². The van der Waals surface area contributed by atoms with Gasteiger partial charge in [-0.2, -0.15) is 5.26 Å². The van der Waals surface area contributed by atoms with Crippen LogP contribution < -0.4 is 20.4 Å². The van der Waals surface area contributed by atoms with E-state index in [-0.39, 0.29) is 11.8 Å². The molecule has 6 heteroatoms. The number of carbonyl (C=O) groups excluding carboxylic acids is 1. The van der Waals surface area contributed by atoms with Gasteiger partial charge in [0.15, 0.2) is 0 Å². The lowest BCUT2D eigenvalue weighted by Crippen LogP contribution is -2.37. The molecule has 1 aromatic carbocycles. The normalized spacial score (nSPS) is 13.8. The second kappa shape index (κ2) is 7.18. The molecular formula is C18H21N4O2+. The molecule has 0 aliphatic heterocycles. The van der Waals surface area contributed by atoms with Gasteiger partial charge in [0.05, 0.1) is 13.7 Å². The summed E-state index contributed by atoms with van der Waals surface area (Å²) in [5.74, 6) is 1.74. The van der Waals surface area contributed by atoms with E-state index in [1.54, 1.807) is 7.11 Å².